The fourth-order valence-electron chi connectivity index (χ4n) is 2.93. The molecule has 1 fully saturated rings. The van der Waals surface area contributed by atoms with Crippen LogP contribution in [0.2, 0.25) is 0 Å². The number of methoxy groups -OCH3 is 2. The minimum Gasteiger partial charge on any atom is -0.493 e. The van der Waals surface area contributed by atoms with Crippen molar-refractivity contribution in [3.8, 4) is 11.5 Å². The molecule has 0 aromatic heterocycles. The number of benzene rings is 2. The van der Waals surface area contributed by atoms with Crippen LogP contribution in [0.3, 0.4) is 0 Å². The van der Waals surface area contributed by atoms with Crippen LogP contribution in [-0.4, -0.2) is 56.5 Å². The largest absolute Gasteiger partial charge is 0.493 e. The van der Waals surface area contributed by atoms with Crippen molar-refractivity contribution in [2.24, 2.45) is 5.10 Å². The average Bonchev–Trinajstić information content (AvgIpc) is 2.68. The fraction of sp³-hybridized carbons (Fsp3) is 0.350. The highest BCUT2D eigenvalue weighted by molar-refractivity contribution is 5.80. The van der Waals surface area contributed by atoms with Gasteiger partial charge in [0, 0.05) is 32.7 Å². The topological polar surface area (TPSA) is 37.3 Å². The van der Waals surface area contributed by atoms with Crippen molar-refractivity contribution in [3.63, 3.8) is 0 Å². The van der Waals surface area contributed by atoms with Gasteiger partial charge in [-0.3, -0.25) is 9.91 Å². The SMILES string of the molecule is COc1ccc(C=NN2CCN(Cc3ccccc3)CC2)cc1OC. The van der Waals surface area contributed by atoms with Gasteiger partial charge in [-0.05, 0) is 29.3 Å². The third-order valence-corrected chi connectivity index (χ3v) is 4.38. The van der Waals surface area contributed by atoms with E-state index in [-0.39, 0.29) is 0 Å². The first-order valence-electron chi connectivity index (χ1n) is 8.56. The molecule has 0 saturated carbocycles. The van der Waals surface area contributed by atoms with Crippen LogP contribution in [-0.2, 0) is 6.54 Å². The number of piperazine rings is 1. The van der Waals surface area contributed by atoms with Crippen molar-refractivity contribution in [3.05, 3.63) is 59.7 Å². The Morgan fingerprint density at radius 1 is 0.920 bits per heavy atom. The van der Waals surface area contributed by atoms with E-state index in [1.165, 1.54) is 5.56 Å². The van der Waals surface area contributed by atoms with Gasteiger partial charge >= 0.3 is 0 Å². The molecule has 5 heteroatoms. The third-order valence-electron chi connectivity index (χ3n) is 4.38. The number of hydrogen-bond donors (Lipinski definition) is 0. The molecule has 25 heavy (non-hydrogen) atoms. The zero-order chi connectivity index (χ0) is 17.5. The highest BCUT2D eigenvalue weighted by Crippen LogP contribution is 2.26. The van der Waals surface area contributed by atoms with Crippen LogP contribution in [0.4, 0.5) is 0 Å². The summed E-state index contributed by atoms with van der Waals surface area (Å²) in [4.78, 5) is 2.47. The molecule has 0 unspecified atom stereocenters. The fourth-order valence-corrected chi connectivity index (χ4v) is 2.93. The second-order valence-corrected chi connectivity index (χ2v) is 6.07. The van der Waals surface area contributed by atoms with Gasteiger partial charge in [0.25, 0.3) is 0 Å². The summed E-state index contributed by atoms with van der Waals surface area (Å²) < 4.78 is 10.6. The zero-order valence-corrected chi connectivity index (χ0v) is 14.9. The normalized spacial score (nSPS) is 15.5. The molecular weight excluding hydrogens is 314 g/mol. The Kier molecular flexibility index (Phi) is 5.90. The molecule has 3 rings (SSSR count). The lowest BCUT2D eigenvalue weighted by atomic mass is 10.2. The molecule has 0 aliphatic carbocycles. The van der Waals surface area contributed by atoms with Crippen LogP contribution in [0.1, 0.15) is 11.1 Å². The molecule has 0 N–H and O–H groups in total. The maximum absolute atomic E-state index is 5.33. The van der Waals surface area contributed by atoms with Crippen LogP contribution >= 0.6 is 0 Å². The average molecular weight is 339 g/mol. The molecule has 0 radical (unpaired) electrons. The summed E-state index contributed by atoms with van der Waals surface area (Å²) >= 11 is 0. The van der Waals surface area contributed by atoms with Crippen molar-refractivity contribution in [1.82, 2.24) is 9.91 Å². The van der Waals surface area contributed by atoms with E-state index in [4.69, 9.17) is 9.47 Å². The van der Waals surface area contributed by atoms with Gasteiger partial charge in [0.1, 0.15) is 0 Å². The van der Waals surface area contributed by atoms with Crippen molar-refractivity contribution in [1.29, 1.82) is 0 Å². The summed E-state index contributed by atoms with van der Waals surface area (Å²) in [6, 6.07) is 16.4. The Bertz CT molecular complexity index is 695. The van der Waals surface area contributed by atoms with Gasteiger partial charge in [-0.1, -0.05) is 30.3 Å². The van der Waals surface area contributed by atoms with Crippen LogP contribution in [0.5, 0.6) is 11.5 Å². The number of hydrogen-bond acceptors (Lipinski definition) is 5. The van der Waals surface area contributed by atoms with E-state index in [1.807, 2.05) is 24.4 Å². The molecule has 0 amide bonds. The molecule has 0 bridgehead atoms. The Hall–Kier alpha value is -2.53. The predicted octanol–water partition coefficient (Wildman–Crippen LogP) is 2.86. The Morgan fingerprint density at radius 2 is 1.64 bits per heavy atom. The van der Waals surface area contributed by atoms with Crippen molar-refractivity contribution in [2.45, 2.75) is 6.54 Å². The maximum atomic E-state index is 5.33. The van der Waals surface area contributed by atoms with Gasteiger partial charge in [0.15, 0.2) is 11.5 Å². The van der Waals surface area contributed by atoms with Gasteiger partial charge < -0.3 is 9.47 Å². The molecule has 132 valence electrons. The predicted molar refractivity (Wildman–Crippen MR) is 100 cm³/mol. The highest BCUT2D eigenvalue weighted by atomic mass is 16.5. The van der Waals surface area contributed by atoms with E-state index in [9.17, 15) is 0 Å². The Morgan fingerprint density at radius 3 is 2.32 bits per heavy atom. The lowest BCUT2D eigenvalue weighted by molar-refractivity contribution is 0.131. The van der Waals surface area contributed by atoms with E-state index in [1.54, 1.807) is 14.2 Å². The van der Waals surface area contributed by atoms with Crippen molar-refractivity contribution in [2.75, 3.05) is 40.4 Å². The summed E-state index contributed by atoms with van der Waals surface area (Å²) in [7, 11) is 3.28. The van der Waals surface area contributed by atoms with Crippen LogP contribution in [0.15, 0.2) is 53.6 Å². The quantitative estimate of drug-likeness (QED) is 0.759. The van der Waals surface area contributed by atoms with Crippen molar-refractivity contribution >= 4 is 6.21 Å². The lowest BCUT2D eigenvalue weighted by Gasteiger charge is -2.33. The second-order valence-electron chi connectivity index (χ2n) is 6.07. The maximum Gasteiger partial charge on any atom is 0.161 e. The first-order chi connectivity index (χ1) is 12.3. The molecule has 1 aliphatic heterocycles. The number of hydrazone groups is 1. The molecule has 1 heterocycles. The number of nitrogens with zero attached hydrogens (tertiary/aromatic N) is 3. The first-order valence-corrected chi connectivity index (χ1v) is 8.56. The van der Waals surface area contributed by atoms with Gasteiger partial charge in [0.2, 0.25) is 0 Å². The summed E-state index contributed by atoms with van der Waals surface area (Å²) in [6.45, 7) is 4.94. The molecule has 1 saturated heterocycles. The summed E-state index contributed by atoms with van der Waals surface area (Å²) in [5.41, 5.74) is 2.37. The summed E-state index contributed by atoms with van der Waals surface area (Å²) in [5.74, 6) is 1.45. The second kappa shape index (κ2) is 8.53. The number of ether oxygens (including phenoxy) is 2. The molecule has 2 aromatic rings. The standard InChI is InChI=1S/C20H25N3O2/c1-24-19-9-8-18(14-20(19)25-2)15-21-23-12-10-22(11-13-23)16-17-6-4-3-5-7-17/h3-9,14-15H,10-13,16H2,1-2H3. The molecule has 2 aromatic carbocycles. The van der Waals surface area contributed by atoms with E-state index >= 15 is 0 Å². The smallest absolute Gasteiger partial charge is 0.161 e. The monoisotopic (exact) mass is 339 g/mol. The van der Waals surface area contributed by atoms with Crippen LogP contribution in [0.25, 0.3) is 0 Å². The van der Waals surface area contributed by atoms with Crippen LogP contribution in [0, 0.1) is 0 Å². The van der Waals surface area contributed by atoms with Crippen LogP contribution < -0.4 is 9.47 Å². The minimum absolute atomic E-state index is 0.721. The van der Waals surface area contributed by atoms with Gasteiger partial charge in [-0.15, -0.1) is 0 Å². The van der Waals surface area contributed by atoms with Crippen molar-refractivity contribution < 1.29 is 9.47 Å². The molecule has 0 atom stereocenters. The number of rotatable bonds is 6. The molecular formula is C20H25N3O2. The lowest BCUT2D eigenvalue weighted by Crippen LogP contribution is -2.43. The highest BCUT2D eigenvalue weighted by Gasteiger charge is 2.15. The molecule has 1 aliphatic rings. The van der Waals surface area contributed by atoms with E-state index in [2.05, 4.69) is 45.3 Å². The molecule has 0 spiro atoms. The summed E-state index contributed by atoms with van der Waals surface area (Å²) in [5, 5.41) is 6.73. The van der Waals surface area contributed by atoms with E-state index in [0.29, 0.717) is 0 Å². The van der Waals surface area contributed by atoms with E-state index in [0.717, 1.165) is 49.8 Å². The minimum atomic E-state index is 0.721. The molecule has 5 nitrogen and oxygen atoms in total. The zero-order valence-electron chi connectivity index (χ0n) is 14.9. The van der Waals surface area contributed by atoms with Gasteiger partial charge in [0.05, 0.1) is 20.4 Å². The van der Waals surface area contributed by atoms with Gasteiger partial charge in [-0.2, -0.15) is 5.10 Å². The van der Waals surface area contributed by atoms with Gasteiger partial charge in [-0.25, -0.2) is 0 Å². The van der Waals surface area contributed by atoms with E-state index < -0.39 is 0 Å². The third kappa shape index (κ3) is 4.73. The summed E-state index contributed by atoms with van der Waals surface area (Å²) in [6.07, 6.45) is 1.88. The Labute approximate surface area is 149 Å². The first kappa shape index (κ1) is 17.3. The Balaban J connectivity index is 1.52.